The van der Waals surface area contributed by atoms with Crippen molar-refractivity contribution in [1.82, 2.24) is 0 Å². The molecule has 0 heterocycles. The van der Waals surface area contributed by atoms with E-state index in [9.17, 15) is 14.0 Å². The van der Waals surface area contributed by atoms with E-state index < -0.39 is 23.8 Å². The molecule has 0 aliphatic carbocycles. The molecular formula is C19H17BrFNO4. The van der Waals surface area contributed by atoms with Crippen LogP contribution in [0.1, 0.15) is 12.5 Å². The van der Waals surface area contributed by atoms with Crippen molar-refractivity contribution in [1.29, 1.82) is 0 Å². The summed E-state index contributed by atoms with van der Waals surface area (Å²) in [6.07, 6.45) is 1.31. The molecule has 0 fully saturated rings. The number of nitrogens with one attached hydrogen (secondary N) is 1. The SMILES string of the molecule is COc1ccccc1NC(=O)C(C)OC(=O)/C=C/c1cc(Br)ccc1F. The summed E-state index contributed by atoms with van der Waals surface area (Å²) in [4.78, 5) is 24.0. The minimum absolute atomic E-state index is 0.224. The van der Waals surface area contributed by atoms with Crippen LogP contribution < -0.4 is 10.1 Å². The molecule has 1 amide bonds. The van der Waals surface area contributed by atoms with Gasteiger partial charge in [0.15, 0.2) is 6.10 Å². The molecular weight excluding hydrogens is 405 g/mol. The monoisotopic (exact) mass is 421 g/mol. The van der Waals surface area contributed by atoms with Gasteiger partial charge in [-0.05, 0) is 43.3 Å². The molecule has 0 aliphatic heterocycles. The second-order valence-corrected chi connectivity index (χ2v) is 6.18. The lowest BCUT2D eigenvalue weighted by Gasteiger charge is -2.14. The van der Waals surface area contributed by atoms with Gasteiger partial charge in [-0.3, -0.25) is 4.79 Å². The lowest BCUT2D eigenvalue weighted by atomic mass is 10.2. The number of ether oxygens (including phenoxy) is 2. The Balaban J connectivity index is 1.96. The van der Waals surface area contributed by atoms with Gasteiger partial charge in [0, 0.05) is 16.1 Å². The molecule has 0 saturated carbocycles. The molecule has 2 aromatic carbocycles. The van der Waals surface area contributed by atoms with Crippen LogP contribution in [0.4, 0.5) is 10.1 Å². The van der Waals surface area contributed by atoms with Crippen molar-refractivity contribution in [2.45, 2.75) is 13.0 Å². The minimum atomic E-state index is -1.04. The van der Waals surface area contributed by atoms with E-state index in [1.165, 1.54) is 32.2 Å². The predicted molar refractivity (Wildman–Crippen MR) is 100 cm³/mol. The molecule has 136 valence electrons. The van der Waals surface area contributed by atoms with Crippen molar-refractivity contribution in [3.63, 3.8) is 0 Å². The fourth-order valence-electron chi connectivity index (χ4n) is 2.05. The van der Waals surface area contributed by atoms with Crippen LogP contribution in [-0.4, -0.2) is 25.1 Å². The average molecular weight is 422 g/mol. The van der Waals surface area contributed by atoms with E-state index in [-0.39, 0.29) is 5.56 Å². The Morgan fingerprint density at radius 1 is 1.23 bits per heavy atom. The summed E-state index contributed by atoms with van der Waals surface area (Å²) in [5.41, 5.74) is 0.692. The third-order valence-corrected chi connectivity index (χ3v) is 3.88. The van der Waals surface area contributed by atoms with Gasteiger partial charge in [-0.2, -0.15) is 0 Å². The number of para-hydroxylation sites is 2. The number of hydrogen-bond acceptors (Lipinski definition) is 4. The second kappa shape index (κ2) is 9.15. The van der Waals surface area contributed by atoms with Gasteiger partial charge in [0.2, 0.25) is 0 Å². The summed E-state index contributed by atoms with van der Waals surface area (Å²) in [6, 6.07) is 11.2. The van der Waals surface area contributed by atoms with Crippen molar-refractivity contribution in [2.75, 3.05) is 12.4 Å². The first-order chi connectivity index (χ1) is 12.4. The van der Waals surface area contributed by atoms with E-state index in [2.05, 4.69) is 21.2 Å². The number of hydrogen-bond donors (Lipinski definition) is 1. The Morgan fingerprint density at radius 3 is 2.69 bits per heavy atom. The fourth-order valence-corrected chi connectivity index (χ4v) is 2.43. The largest absolute Gasteiger partial charge is 0.495 e. The van der Waals surface area contributed by atoms with Crippen molar-refractivity contribution >= 4 is 39.6 Å². The number of methoxy groups -OCH3 is 1. The van der Waals surface area contributed by atoms with E-state index in [1.807, 2.05) is 0 Å². The van der Waals surface area contributed by atoms with Crippen LogP contribution in [0.25, 0.3) is 6.08 Å². The summed E-state index contributed by atoms with van der Waals surface area (Å²) < 4.78 is 24.5. The molecule has 2 aromatic rings. The lowest BCUT2D eigenvalue weighted by Crippen LogP contribution is -2.29. The summed E-state index contributed by atoms with van der Waals surface area (Å²) in [5, 5.41) is 2.63. The van der Waals surface area contributed by atoms with Crippen LogP contribution >= 0.6 is 15.9 Å². The molecule has 0 aromatic heterocycles. The van der Waals surface area contributed by atoms with Crippen molar-refractivity contribution in [2.24, 2.45) is 0 Å². The van der Waals surface area contributed by atoms with Gasteiger partial charge in [-0.25, -0.2) is 9.18 Å². The van der Waals surface area contributed by atoms with Crippen molar-refractivity contribution < 1.29 is 23.5 Å². The number of rotatable bonds is 6. The maximum atomic E-state index is 13.6. The topological polar surface area (TPSA) is 64.6 Å². The molecule has 0 saturated heterocycles. The van der Waals surface area contributed by atoms with E-state index in [0.29, 0.717) is 15.9 Å². The maximum Gasteiger partial charge on any atom is 0.331 e. The summed E-state index contributed by atoms with van der Waals surface area (Å²) in [5.74, 6) is -1.25. The van der Waals surface area contributed by atoms with Gasteiger partial charge in [-0.1, -0.05) is 28.1 Å². The van der Waals surface area contributed by atoms with Crippen LogP contribution in [0.2, 0.25) is 0 Å². The number of amides is 1. The van der Waals surface area contributed by atoms with E-state index >= 15 is 0 Å². The van der Waals surface area contributed by atoms with E-state index in [1.54, 1.807) is 30.3 Å². The average Bonchev–Trinajstić information content (AvgIpc) is 2.62. The fraction of sp³-hybridized carbons (Fsp3) is 0.158. The molecule has 7 heteroatoms. The molecule has 0 bridgehead atoms. The van der Waals surface area contributed by atoms with Crippen molar-refractivity contribution in [3.05, 3.63) is 64.4 Å². The highest BCUT2D eigenvalue weighted by Crippen LogP contribution is 2.23. The van der Waals surface area contributed by atoms with E-state index in [0.717, 1.165) is 6.08 Å². The van der Waals surface area contributed by atoms with Gasteiger partial charge in [0.1, 0.15) is 11.6 Å². The standard InChI is InChI=1S/C19H17BrFNO4/c1-12(19(24)22-16-5-3-4-6-17(16)25-2)26-18(23)10-7-13-11-14(20)8-9-15(13)21/h3-12H,1-2H3,(H,22,24)/b10-7+. The van der Waals surface area contributed by atoms with Crippen LogP contribution in [0, 0.1) is 5.82 Å². The molecule has 1 atom stereocenters. The predicted octanol–water partition coefficient (Wildman–Crippen LogP) is 4.18. The smallest absolute Gasteiger partial charge is 0.331 e. The first-order valence-corrected chi connectivity index (χ1v) is 8.47. The number of halogens is 2. The zero-order valence-electron chi connectivity index (χ0n) is 14.2. The molecule has 2 rings (SSSR count). The van der Waals surface area contributed by atoms with Crippen molar-refractivity contribution in [3.8, 4) is 5.75 Å². The Bertz CT molecular complexity index is 838. The highest BCUT2D eigenvalue weighted by Gasteiger charge is 2.18. The molecule has 0 radical (unpaired) electrons. The number of esters is 1. The zero-order chi connectivity index (χ0) is 19.1. The Kier molecular flexibility index (Phi) is 6.91. The minimum Gasteiger partial charge on any atom is -0.495 e. The molecule has 26 heavy (non-hydrogen) atoms. The van der Waals surface area contributed by atoms with Gasteiger partial charge < -0.3 is 14.8 Å². The quantitative estimate of drug-likeness (QED) is 0.561. The first kappa shape index (κ1) is 19.7. The lowest BCUT2D eigenvalue weighted by molar-refractivity contribution is -0.148. The van der Waals surface area contributed by atoms with Crippen LogP contribution in [0.15, 0.2) is 53.0 Å². The van der Waals surface area contributed by atoms with Gasteiger partial charge in [0.05, 0.1) is 12.8 Å². The molecule has 0 spiro atoms. The molecule has 1 N–H and O–H groups in total. The summed E-state index contributed by atoms with van der Waals surface area (Å²) in [6.45, 7) is 1.44. The first-order valence-electron chi connectivity index (χ1n) is 7.68. The van der Waals surface area contributed by atoms with Crippen LogP contribution in [-0.2, 0) is 14.3 Å². The van der Waals surface area contributed by atoms with Gasteiger partial charge >= 0.3 is 5.97 Å². The maximum absolute atomic E-state index is 13.6. The molecule has 1 unspecified atom stereocenters. The number of anilines is 1. The Morgan fingerprint density at radius 2 is 1.96 bits per heavy atom. The second-order valence-electron chi connectivity index (χ2n) is 5.27. The highest BCUT2D eigenvalue weighted by molar-refractivity contribution is 9.10. The number of benzene rings is 2. The number of carbonyl (C=O) groups is 2. The van der Waals surface area contributed by atoms with E-state index in [4.69, 9.17) is 9.47 Å². The Hall–Kier alpha value is -2.67. The third-order valence-electron chi connectivity index (χ3n) is 3.38. The Labute approximate surface area is 158 Å². The van der Waals surface area contributed by atoms with Gasteiger partial charge in [-0.15, -0.1) is 0 Å². The summed E-state index contributed by atoms with van der Waals surface area (Å²) >= 11 is 3.23. The normalized spacial score (nSPS) is 11.8. The molecule has 5 nitrogen and oxygen atoms in total. The number of carbonyl (C=O) groups excluding carboxylic acids is 2. The van der Waals surface area contributed by atoms with Gasteiger partial charge in [0.25, 0.3) is 5.91 Å². The highest BCUT2D eigenvalue weighted by atomic mass is 79.9. The zero-order valence-corrected chi connectivity index (χ0v) is 15.7. The third kappa shape index (κ3) is 5.42. The summed E-state index contributed by atoms with van der Waals surface area (Å²) in [7, 11) is 1.49. The van der Waals surface area contributed by atoms with Crippen LogP contribution in [0.5, 0.6) is 5.75 Å². The molecule has 0 aliphatic rings. The van der Waals surface area contributed by atoms with Crippen LogP contribution in [0.3, 0.4) is 0 Å².